The van der Waals surface area contributed by atoms with Crippen molar-refractivity contribution in [1.82, 2.24) is 20.4 Å². The Labute approximate surface area is 136 Å². The summed E-state index contributed by atoms with van der Waals surface area (Å²) in [4.78, 5) is 17.3. The molecule has 2 aromatic rings. The average Bonchev–Trinajstić information content (AvgIpc) is 2.95. The second-order valence-electron chi connectivity index (χ2n) is 5.46. The Morgan fingerprint density at radius 3 is 2.71 bits per heavy atom. The van der Waals surface area contributed by atoms with Gasteiger partial charge in [0.05, 0.1) is 0 Å². The van der Waals surface area contributed by atoms with Gasteiger partial charge in [0.15, 0.2) is 5.82 Å². The van der Waals surface area contributed by atoms with Crippen molar-refractivity contribution in [2.24, 2.45) is 0 Å². The third kappa shape index (κ3) is 5.05. The maximum absolute atomic E-state index is 12.3. The molecule has 0 spiro atoms. The van der Waals surface area contributed by atoms with E-state index in [1.807, 2.05) is 25.1 Å². The van der Waals surface area contributed by atoms with E-state index in [4.69, 9.17) is 0 Å². The van der Waals surface area contributed by atoms with Crippen LogP contribution in [0, 0.1) is 0 Å². The fourth-order valence-electron chi connectivity index (χ4n) is 2.04. The second kappa shape index (κ2) is 7.43. The molecule has 0 unspecified atom stereocenters. The molecule has 0 aliphatic heterocycles. The maximum atomic E-state index is 12.3. The fraction of sp³-hybridized carbons (Fsp3) is 0.400. The van der Waals surface area contributed by atoms with Crippen molar-refractivity contribution in [3.05, 3.63) is 47.1 Å². The minimum atomic E-state index is -4.67. The SMILES string of the molecule is CN(C)Cc1cccc(C(=O)NCCc2noc(C(F)(F)F)n2)c1. The van der Waals surface area contributed by atoms with Gasteiger partial charge >= 0.3 is 12.1 Å². The molecule has 24 heavy (non-hydrogen) atoms. The molecule has 1 aromatic heterocycles. The summed E-state index contributed by atoms with van der Waals surface area (Å²) in [5, 5.41) is 5.86. The van der Waals surface area contributed by atoms with Gasteiger partial charge in [0.2, 0.25) is 0 Å². The molecule has 0 aliphatic carbocycles. The third-order valence-corrected chi connectivity index (χ3v) is 3.03. The van der Waals surface area contributed by atoms with Gasteiger partial charge in [-0.1, -0.05) is 17.3 Å². The van der Waals surface area contributed by atoms with E-state index < -0.39 is 12.1 Å². The minimum Gasteiger partial charge on any atom is -0.352 e. The number of nitrogens with one attached hydrogen (secondary N) is 1. The molecule has 1 aromatic carbocycles. The molecular formula is C15H17F3N4O2. The van der Waals surface area contributed by atoms with Crippen molar-refractivity contribution in [2.45, 2.75) is 19.1 Å². The summed E-state index contributed by atoms with van der Waals surface area (Å²) in [6.45, 7) is 0.803. The first kappa shape index (κ1) is 17.9. The van der Waals surface area contributed by atoms with Crippen LogP contribution in [0.4, 0.5) is 13.2 Å². The number of alkyl halides is 3. The molecule has 0 saturated carbocycles. The Bertz CT molecular complexity index is 698. The number of hydrogen-bond acceptors (Lipinski definition) is 5. The van der Waals surface area contributed by atoms with E-state index in [2.05, 4.69) is 20.0 Å². The summed E-state index contributed by atoms with van der Waals surface area (Å²) in [7, 11) is 3.85. The van der Waals surface area contributed by atoms with Crippen LogP contribution in [-0.2, 0) is 19.1 Å². The first-order valence-corrected chi connectivity index (χ1v) is 7.17. The molecule has 1 heterocycles. The standard InChI is InChI=1S/C15H17F3N4O2/c1-22(2)9-10-4-3-5-11(8-10)13(23)19-7-6-12-20-14(24-21-12)15(16,17)18/h3-5,8H,6-7,9H2,1-2H3,(H,19,23). The largest absolute Gasteiger partial charge is 0.471 e. The van der Waals surface area contributed by atoms with Crippen LogP contribution in [0.1, 0.15) is 27.6 Å². The Kier molecular flexibility index (Phi) is 5.55. The van der Waals surface area contributed by atoms with E-state index in [1.165, 1.54) is 0 Å². The van der Waals surface area contributed by atoms with Crippen molar-refractivity contribution in [3.8, 4) is 0 Å². The summed E-state index contributed by atoms with van der Waals surface area (Å²) in [6, 6.07) is 7.13. The zero-order chi connectivity index (χ0) is 17.7. The highest BCUT2D eigenvalue weighted by Gasteiger charge is 2.38. The molecule has 130 valence electrons. The van der Waals surface area contributed by atoms with Gasteiger partial charge in [-0.05, 0) is 31.8 Å². The van der Waals surface area contributed by atoms with Gasteiger partial charge in [-0.25, -0.2) is 0 Å². The smallest absolute Gasteiger partial charge is 0.352 e. The number of carbonyl (C=O) groups excluding carboxylic acids is 1. The predicted molar refractivity (Wildman–Crippen MR) is 79.2 cm³/mol. The van der Waals surface area contributed by atoms with E-state index >= 15 is 0 Å². The lowest BCUT2D eigenvalue weighted by molar-refractivity contribution is -0.159. The predicted octanol–water partition coefficient (Wildman–Crippen LogP) is 2.12. The van der Waals surface area contributed by atoms with Crippen LogP contribution in [0.3, 0.4) is 0 Å². The monoisotopic (exact) mass is 342 g/mol. The molecule has 2 rings (SSSR count). The van der Waals surface area contributed by atoms with Crippen LogP contribution in [-0.4, -0.2) is 41.6 Å². The van der Waals surface area contributed by atoms with Crippen LogP contribution >= 0.6 is 0 Å². The lowest BCUT2D eigenvalue weighted by Crippen LogP contribution is -2.26. The zero-order valence-electron chi connectivity index (χ0n) is 13.2. The molecule has 0 radical (unpaired) electrons. The summed E-state index contributed by atoms with van der Waals surface area (Å²) in [6.07, 6.45) is -4.62. The van der Waals surface area contributed by atoms with Crippen molar-refractivity contribution in [1.29, 1.82) is 0 Å². The molecule has 0 bridgehead atoms. The lowest BCUT2D eigenvalue weighted by Gasteiger charge is -2.10. The van der Waals surface area contributed by atoms with E-state index in [1.54, 1.807) is 18.2 Å². The van der Waals surface area contributed by atoms with Crippen LogP contribution in [0.5, 0.6) is 0 Å². The highest BCUT2D eigenvalue weighted by atomic mass is 19.4. The van der Waals surface area contributed by atoms with Gasteiger partial charge < -0.3 is 14.7 Å². The zero-order valence-corrected chi connectivity index (χ0v) is 13.2. The Hall–Kier alpha value is -2.42. The van der Waals surface area contributed by atoms with Crippen molar-refractivity contribution in [3.63, 3.8) is 0 Å². The number of aromatic nitrogens is 2. The molecule has 0 saturated heterocycles. The Morgan fingerprint density at radius 1 is 1.33 bits per heavy atom. The minimum absolute atomic E-state index is 0.0444. The van der Waals surface area contributed by atoms with E-state index in [0.717, 1.165) is 5.56 Å². The second-order valence-corrected chi connectivity index (χ2v) is 5.46. The van der Waals surface area contributed by atoms with Crippen LogP contribution in [0.2, 0.25) is 0 Å². The fourth-order valence-corrected chi connectivity index (χ4v) is 2.04. The lowest BCUT2D eigenvalue weighted by atomic mass is 10.1. The molecule has 1 N–H and O–H groups in total. The number of rotatable bonds is 6. The van der Waals surface area contributed by atoms with Crippen molar-refractivity contribution < 1.29 is 22.5 Å². The molecule has 1 amide bonds. The summed E-state index contributed by atoms with van der Waals surface area (Å²) in [5.74, 6) is -1.81. The third-order valence-electron chi connectivity index (χ3n) is 3.03. The quantitative estimate of drug-likeness (QED) is 0.871. The molecular weight excluding hydrogens is 325 g/mol. The van der Waals surface area contributed by atoms with Crippen LogP contribution in [0.15, 0.2) is 28.8 Å². The van der Waals surface area contributed by atoms with E-state index in [9.17, 15) is 18.0 Å². The van der Waals surface area contributed by atoms with Gasteiger partial charge in [0, 0.05) is 25.1 Å². The average molecular weight is 342 g/mol. The Morgan fingerprint density at radius 2 is 2.08 bits per heavy atom. The number of benzene rings is 1. The van der Waals surface area contributed by atoms with Gasteiger partial charge in [0.25, 0.3) is 5.91 Å². The molecule has 9 heteroatoms. The summed E-state index contributed by atoms with van der Waals surface area (Å²) < 4.78 is 41.1. The normalized spacial score (nSPS) is 11.8. The number of halogens is 3. The summed E-state index contributed by atoms with van der Waals surface area (Å²) in [5.41, 5.74) is 1.47. The van der Waals surface area contributed by atoms with Crippen molar-refractivity contribution in [2.75, 3.05) is 20.6 Å². The van der Waals surface area contributed by atoms with Gasteiger partial charge in [-0.15, -0.1) is 0 Å². The van der Waals surface area contributed by atoms with E-state index in [0.29, 0.717) is 12.1 Å². The van der Waals surface area contributed by atoms with Gasteiger partial charge in [-0.2, -0.15) is 18.2 Å². The molecule has 0 aliphatic rings. The molecule has 0 atom stereocenters. The number of nitrogens with zero attached hydrogens (tertiary/aromatic N) is 3. The van der Waals surface area contributed by atoms with Crippen LogP contribution < -0.4 is 5.32 Å². The number of carbonyl (C=O) groups is 1. The molecule has 6 nitrogen and oxygen atoms in total. The van der Waals surface area contributed by atoms with E-state index in [-0.39, 0.29) is 24.7 Å². The first-order chi connectivity index (χ1) is 11.3. The highest BCUT2D eigenvalue weighted by Crippen LogP contribution is 2.27. The number of amides is 1. The highest BCUT2D eigenvalue weighted by molar-refractivity contribution is 5.94. The van der Waals surface area contributed by atoms with Gasteiger partial charge in [-0.3, -0.25) is 4.79 Å². The topological polar surface area (TPSA) is 71.3 Å². The molecule has 0 fully saturated rings. The Balaban J connectivity index is 1.88. The van der Waals surface area contributed by atoms with Crippen LogP contribution in [0.25, 0.3) is 0 Å². The summed E-state index contributed by atoms with van der Waals surface area (Å²) >= 11 is 0. The van der Waals surface area contributed by atoms with Gasteiger partial charge in [0.1, 0.15) is 0 Å². The maximum Gasteiger partial charge on any atom is 0.471 e. The first-order valence-electron chi connectivity index (χ1n) is 7.17. The van der Waals surface area contributed by atoms with Crippen molar-refractivity contribution >= 4 is 5.91 Å². The number of hydrogen-bond donors (Lipinski definition) is 1.